The lowest BCUT2D eigenvalue weighted by molar-refractivity contribution is -0.136. The zero-order valence-electron chi connectivity index (χ0n) is 4.59. The molecule has 0 amide bonds. The molecule has 4 atom stereocenters. The molecule has 4 nitrogen and oxygen atoms in total. The number of aliphatic carboxylic acids is 1. The number of carboxylic acids is 1. The molecule has 0 bridgehead atoms. The van der Waals surface area contributed by atoms with Gasteiger partial charge in [-0.25, -0.2) is 0 Å². The summed E-state index contributed by atoms with van der Waals surface area (Å²) in [7, 11) is 4.58. The molecule has 0 saturated heterocycles. The molecule has 0 heterocycles. The van der Waals surface area contributed by atoms with E-state index in [0.29, 0.717) is 0 Å². The maximum absolute atomic E-state index is 10.2. The van der Waals surface area contributed by atoms with Crippen molar-refractivity contribution in [3.63, 3.8) is 0 Å². The minimum atomic E-state index is -0.849. The van der Waals surface area contributed by atoms with E-state index in [1.807, 2.05) is 0 Å². The van der Waals surface area contributed by atoms with Crippen LogP contribution < -0.4 is 9.95 Å². The minimum Gasteiger partial charge on any atom is -0.480 e. The van der Waals surface area contributed by atoms with E-state index in [1.165, 1.54) is 0 Å². The van der Waals surface area contributed by atoms with Crippen LogP contribution in [0.15, 0.2) is 0 Å². The van der Waals surface area contributed by atoms with Gasteiger partial charge in [0.15, 0.2) is 0 Å². The van der Waals surface area contributed by atoms with Crippen molar-refractivity contribution in [1.82, 2.24) is 9.95 Å². The van der Waals surface area contributed by atoms with Crippen LogP contribution in [0.2, 0.25) is 0 Å². The highest BCUT2D eigenvalue weighted by molar-refractivity contribution is 7.46. The molecule has 0 aliphatic carbocycles. The highest BCUT2D eigenvalue weighted by Crippen LogP contribution is 2.13. The molecule has 9 heavy (non-hydrogen) atoms. The van der Waals surface area contributed by atoms with Crippen molar-refractivity contribution in [2.45, 2.75) is 5.78 Å². The van der Waals surface area contributed by atoms with Crippen LogP contribution in [0.25, 0.3) is 0 Å². The van der Waals surface area contributed by atoms with Crippen molar-refractivity contribution in [1.29, 1.82) is 0 Å². The lowest BCUT2D eigenvalue weighted by Crippen LogP contribution is -2.26. The Morgan fingerprint density at radius 2 is 2.22 bits per heavy atom. The maximum Gasteiger partial charge on any atom is 0.326 e. The molecule has 0 aliphatic heterocycles. The largest absolute Gasteiger partial charge is 0.480 e. The second kappa shape index (κ2) is 5.46. The number of carboxylic acid groups (broad SMARTS) is 1. The van der Waals surface area contributed by atoms with Gasteiger partial charge in [-0.1, -0.05) is 18.8 Å². The predicted octanol–water partition coefficient (Wildman–Crippen LogP) is -0.250. The zero-order valence-corrected chi connectivity index (χ0v) is 7.90. The van der Waals surface area contributed by atoms with Gasteiger partial charge in [0, 0.05) is 0 Å². The summed E-state index contributed by atoms with van der Waals surface area (Å²) in [5, 5.41) is 10.9. The molecule has 3 N–H and O–H groups in total. The van der Waals surface area contributed by atoms with Crippen LogP contribution in [-0.4, -0.2) is 16.9 Å². The zero-order chi connectivity index (χ0) is 7.28. The van der Waals surface area contributed by atoms with Crippen molar-refractivity contribution < 1.29 is 9.90 Å². The molecule has 54 valence electrons. The summed E-state index contributed by atoms with van der Waals surface area (Å²) in [5.74, 6) is -1.36. The second-order valence-corrected chi connectivity index (χ2v) is 3.58. The van der Waals surface area contributed by atoms with Gasteiger partial charge in [-0.2, -0.15) is 0 Å². The van der Waals surface area contributed by atoms with E-state index in [9.17, 15) is 4.79 Å². The summed E-state index contributed by atoms with van der Waals surface area (Å²) >= 11 is 0. The van der Waals surface area contributed by atoms with Gasteiger partial charge in [0.2, 0.25) is 0 Å². The Morgan fingerprint density at radius 3 is 2.33 bits per heavy atom. The van der Waals surface area contributed by atoms with Gasteiger partial charge < -0.3 is 5.11 Å². The van der Waals surface area contributed by atoms with Crippen molar-refractivity contribution in [3.05, 3.63) is 0 Å². The van der Waals surface area contributed by atoms with Crippen LogP contribution in [0, 0.1) is 0 Å². The number of carbonyl (C=O) groups is 1. The van der Waals surface area contributed by atoms with Crippen LogP contribution in [0.1, 0.15) is 0 Å². The predicted molar refractivity (Wildman–Crippen MR) is 45.4 cm³/mol. The molecular weight excluding hydrogens is 177 g/mol. The van der Waals surface area contributed by atoms with E-state index < -0.39 is 11.8 Å². The first-order valence-corrected chi connectivity index (χ1v) is 4.35. The molecule has 0 aromatic heterocycles. The molecule has 0 aromatic carbocycles. The van der Waals surface area contributed by atoms with E-state index in [0.717, 1.165) is 0 Å². The van der Waals surface area contributed by atoms with Crippen LogP contribution in [0.3, 0.4) is 0 Å². The van der Waals surface area contributed by atoms with E-state index in [4.69, 9.17) is 5.11 Å². The number of rotatable bonds is 4. The minimum absolute atomic E-state index is 0.168. The fraction of sp³-hybridized carbons (Fsp3) is 0.500. The maximum atomic E-state index is 10.2. The van der Waals surface area contributed by atoms with Gasteiger partial charge in [-0.3, -0.25) is 14.7 Å². The average molecular weight is 186 g/mol. The van der Waals surface area contributed by atoms with Crippen LogP contribution in [-0.2, 0) is 4.79 Å². The summed E-state index contributed by atoms with van der Waals surface area (Å²) in [6.07, 6.45) is 0. The van der Waals surface area contributed by atoms with E-state index in [2.05, 4.69) is 28.7 Å². The summed E-state index contributed by atoms with van der Waals surface area (Å²) in [6.45, 7) is 0. The highest BCUT2D eigenvalue weighted by Gasteiger charge is 2.12. The summed E-state index contributed by atoms with van der Waals surface area (Å²) in [6, 6.07) is 0. The van der Waals surface area contributed by atoms with Crippen LogP contribution in [0.4, 0.5) is 0 Å². The number of hydrogen-bond acceptors (Lipinski definition) is 3. The van der Waals surface area contributed by atoms with Crippen molar-refractivity contribution in [2.24, 2.45) is 0 Å². The Hall–Kier alpha value is 0.680. The smallest absolute Gasteiger partial charge is 0.326 e. The van der Waals surface area contributed by atoms with Crippen LogP contribution in [0.5, 0.6) is 0 Å². The summed E-state index contributed by atoms with van der Waals surface area (Å²) in [4.78, 5) is 12.9. The van der Waals surface area contributed by atoms with Gasteiger partial charge in [-0.05, 0) is 8.73 Å². The average Bonchev–Trinajstić information content (AvgIpc) is 1.82. The third-order valence-corrected chi connectivity index (χ3v) is 2.68. The summed E-state index contributed by atoms with van der Waals surface area (Å²) < 4.78 is 0. The molecule has 4 unspecified atom stereocenters. The number of hydrogen-bond donors (Lipinski definition) is 3. The van der Waals surface area contributed by atoms with E-state index in [-0.39, 0.29) is 8.73 Å². The first kappa shape index (κ1) is 9.68. The van der Waals surface area contributed by atoms with E-state index >= 15 is 0 Å². The number of nitrogens with one attached hydrogen (secondary N) is 2. The Labute approximate surface area is 59.9 Å². The SMILES string of the molecule is O=C(O)C(NP)PNP. The normalized spacial score (nSPS) is 14.4. The molecule has 0 rings (SSSR count). The van der Waals surface area contributed by atoms with Gasteiger partial charge in [0.05, 0.1) is 0 Å². The quantitative estimate of drug-likeness (QED) is 0.530. The molecule has 0 aliphatic rings. The molecule has 0 spiro atoms. The fourth-order valence-electron chi connectivity index (χ4n) is 0.258. The van der Waals surface area contributed by atoms with Gasteiger partial charge in [0.25, 0.3) is 0 Å². The lowest BCUT2D eigenvalue weighted by atomic mass is 10.7. The van der Waals surface area contributed by atoms with Crippen molar-refractivity contribution in [2.75, 3.05) is 0 Å². The Balaban J connectivity index is 3.54. The molecule has 0 fully saturated rings. The van der Waals surface area contributed by atoms with Gasteiger partial charge in [-0.15, -0.1) is 0 Å². The topological polar surface area (TPSA) is 61.4 Å². The van der Waals surface area contributed by atoms with Gasteiger partial charge in [0.1, 0.15) is 5.78 Å². The molecule has 7 heteroatoms. The van der Waals surface area contributed by atoms with E-state index in [1.54, 1.807) is 0 Å². The lowest BCUT2D eigenvalue weighted by Gasteiger charge is -2.08. The van der Waals surface area contributed by atoms with Crippen molar-refractivity contribution in [3.8, 4) is 0 Å². The Bertz CT molecular complexity index is 99.8. The standard InChI is InChI=1S/C2H9N2O2P3/c5-2(6)1(3-7)9-4-8/h1,3-4,9H,7-8H2,(H,5,6). The third kappa shape index (κ3) is 4.13. The second-order valence-electron chi connectivity index (χ2n) is 1.23. The molecule has 0 radical (unpaired) electrons. The monoisotopic (exact) mass is 186 g/mol. The Morgan fingerprint density at radius 1 is 1.67 bits per heavy atom. The Kier molecular flexibility index (Phi) is 5.88. The summed E-state index contributed by atoms with van der Waals surface area (Å²) in [5.41, 5.74) is 0. The third-order valence-electron chi connectivity index (χ3n) is 0.641. The fourth-order valence-corrected chi connectivity index (χ4v) is 1.52. The van der Waals surface area contributed by atoms with Crippen LogP contribution >= 0.6 is 27.5 Å². The highest BCUT2D eigenvalue weighted by atomic mass is 31.1. The first-order valence-electron chi connectivity index (χ1n) is 2.12. The van der Waals surface area contributed by atoms with Crippen molar-refractivity contribution >= 4 is 33.5 Å². The molecule has 0 saturated carbocycles. The molecule has 0 aromatic rings. The first-order chi connectivity index (χ1) is 4.22. The molecular formula is C2H9N2O2P3. The van der Waals surface area contributed by atoms with Gasteiger partial charge >= 0.3 is 5.97 Å².